The molecule has 72 valence electrons. The predicted octanol–water partition coefficient (Wildman–Crippen LogP) is 1.91. The first-order valence-corrected chi connectivity index (χ1v) is 5.00. The lowest BCUT2D eigenvalue weighted by Crippen LogP contribution is -2.08. The normalized spacial score (nSPS) is 10.1. The summed E-state index contributed by atoms with van der Waals surface area (Å²) in [7, 11) is 1.61. The van der Waals surface area contributed by atoms with Crippen LogP contribution in [0.1, 0.15) is 0 Å². The van der Waals surface area contributed by atoms with Crippen LogP contribution in [0.15, 0.2) is 40.6 Å². The van der Waals surface area contributed by atoms with Gasteiger partial charge in [0.2, 0.25) is 0 Å². The van der Waals surface area contributed by atoms with E-state index >= 15 is 0 Å². The summed E-state index contributed by atoms with van der Waals surface area (Å²) in [4.78, 5) is 11.4. The average Bonchev–Trinajstić information content (AvgIpc) is 2.65. The predicted molar refractivity (Wildman–Crippen MR) is 56.5 cm³/mol. The minimum absolute atomic E-state index is 0.0123. The molecule has 14 heavy (non-hydrogen) atoms. The van der Waals surface area contributed by atoms with Crippen LogP contribution in [0.2, 0.25) is 0 Å². The average molecular weight is 207 g/mol. The highest BCUT2D eigenvalue weighted by Gasteiger charge is 2.00. The summed E-state index contributed by atoms with van der Waals surface area (Å²) in [6.07, 6.45) is 1.75. The third-order valence-electron chi connectivity index (χ3n) is 1.91. The molecule has 1 heterocycles. The van der Waals surface area contributed by atoms with E-state index in [1.807, 2.05) is 24.3 Å². The van der Waals surface area contributed by atoms with Gasteiger partial charge in [0, 0.05) is 17.6 Å². The zero-order valence-electron chi connectivity index (χ0n) is 7.64. The van der Waals surface area contributed by atoms with Gasteiger partial charge in [-0.1, -0.05) is 17.4 Å². The number of hydrogen-bond donors (Lipinski definition) is 0. The molecule has 0 radical (unpaired) electrons. The maximum absolute atomic E-state index is 11.4. The number of methoxy groups -OCH3 is 1. The molecular weight excluding hydrogens is 198 g/mol. The molecule has 1 aromatic heterocycles. The highest BCUT2D eigenvalue weighted by molar-refractivity contribution is 7.07. The van der Waals surface area contributed by atoms with Crippen LogP contribution in [0.3, 0.4) is 0 Å². The summed E-state index contributed by atoms with van der Waals surface area (Å²) >= 11 is 1.18. The third-order valence-corrected chi connectivity index (χ3v) is 2.56. The molecule has 0 N–H and O–H groups in total. The lowest BCUT2D eigenvalue weighted by Gasteiger charge is -2.03. The van der Waals surface area contributed by atoms with E-state index in [0.29, 0.717) is 0 Å². The molecule has 4 heteroatoms. The molecular formula is C10H9NO2S. The van der Waals surface area contributed by atoms with Crippen molar-refractivity contribution in [1.29, 1.82) is 0 Å². The largest absolute Gasteiger partial charge is 0.497 e. The van der Waals surface area contributed by atoms with Crippen molar-refractivity contribution in [3.8, 4) is 11.4 Å². The van der Waals surface area contributed by atoms with Crippen molar-refractivity contribution in [3.63, 3.8) is 0 Å². The molecule has 0 bridgehead atoms. The van der Waals surface area contributed by atoms with Crippen LogP contribution in [-0.2, 0) is 0 Å². The van der Waals surface area contributed by atoms with Gasteiger partial charge in [0.25, 0.3) is 0 Å². The fourth-order valence-corrected chi connectivity index (χ4v) is 1.80. The van der Waals surface area contributed by atoms with Crippen molar-refractivity contribution in [1.82, 2.24) is 4.57 Å². The molecule has 0 atom stereocenters. The molecule has 0 fully saturated rings. The Morgan fingerprint density at radius 3 is 2.93 bits per heavy atom. The molecule has 2 aromatic rings. The fraction of sp³-hybridized carbons (Fsp3) is 0.100. The Morgan fingerprint density at radius 2 is 2.29 bits per heavy atom. The summed E-state index contributed by atoms with van der Waals surface area (Å²) in [5, 5.41) is 1.77. The van der Waals surface area contributed by atoms with E-state index in [4.69, 9.17) is 4.74 Å². The van der Waals surface area contributed by atoms with E-state index in [2.05, 4.69) is 0 Å². The van der Waals surface area contributed by atoms with Gasteiger partial charge in [-0.3, -0.25) is 9.36 Å². The van der Waals surface area contributed by atoms with E-state index in [0.717, 1.165) is 11.4 Å². The monoisotopic (exact) mass is 207 g/mol. The van der Waals surface area contributed by atoms with Crippen molar-refractivity contribution in [2.45, 2.75) is 0 Å². The maximum atomic E-state index is 11.4. The Bertz CT molecular complexity index is 487. The Labute approximate surface area is 85.2 Å². The first-order valence-electron chi connectivity index (χ1n) is 4.12. The standard InChI is InChI=1S/C10H9NO2S/c1-13-9-4-2-3-8(7-9)11-5-6-14-10(11)12/h2-7H,1H3. The molecule has 2 rings (SSSR count). The van der Waals surface area contributed by atoms with Gasteiger partial charge in [-0.2, -0.15) is 0 Å². The number of nitrogens with zero attached hydrogens (tertiary/aromatic N) is 1. The zero-order valence-corrected chi connectivity index (χ0v) is 8.45. The van der Waals surface area contributed by atoms with Crippen LogP contribution in [0.25, 0.3) is 5.69 Å². The molecule has 3 nitrogen and oxygen atoms in total. The molecule has 0 amide bonds. The number of rotatable bonds is 2. The lowest BCUT2D eigenvalue weighted by atomic mass is 10.3. The quantitative estimate of drug-likeness (QED) is 0.753. The van der Waals surface area contributed by atoms with Gasteiger partial charge in [0.05, 0.1) is 12.8 Å². The SMILES string of the molecule is COc1cccc(-n2ccsc2=O)c1. The van der Waals surface area contributed by atoms with E-state index in [-0.39, 0.29) is 4.87 Å². The van der Waals surface area contributed by atoms with Gasteiger partial charge in [0.1, 0.15) is 5.75 Å². The fourth-order valence-electron chi connectivity index (χ4n) is 1.22. The van der Waals surface area contributed by atoms with Crippen molar-refractivity contribution in [2.75, 3.05) is 7.11 Å². The maximum Gasteiger partial charge on any atom is 0.311 e. The van der Waals surface area contributed by atoms with Gasteiger partial charge >= 0.3 is 4.87 Å². The number of benzene rings is 1. The Balaban J connectivity index is 2.52. The summed E-state index contributed by atoms with van der Waals surface area (Å²) < 4.78 is 6.67. The molecule has 0 aliphatic carbocycles. The molecule has 0 spiro atoms. The molecule has 0 unspecified atom stereocenters. The van der Waals surface area contributed by atoms with Gasteiger partial charge in [-0.15, -0.1) is 0 Å². The van der Waals surface area contributed by atoms with Gasteiger partial charge in [-0.25, -0.2) is 0 Å². The van der Waals surface area contributed by atoms with Gasteiger partial charge < -0.3 is 4.74 Å². The van der Waals surface area contributed by atoms with Crippen LogP contribution < -0.4 is 9.61 Å². The summed E-state index contributed by atoms with van der Waals surface area (Å²) in [5.41, 5.74) is 0.829. The summed E-state index contributed by atoms with van der Waals surface area (Å²) in [6, 6.07) is 7.41. The number of hydrogen-bond acceptors (Lipinski definition) is 3. The molecule has 0 aliphatic rings. The Kier molecular flexibility index (Phi) is 2.37. The molecule has 0 saturated heterocycles. The Hall–Kier alpha value is -1.55. The smallest absolute Gasteiger partial charge is 0.311 e. The second kappa shape index (κ2) is 3.67. The second-order valence-electron chi connectivity index (χ2n) is 2.74. The number of ether oxygens (including phenoxy) is 1. The van der Waals surface area contributed by atoms with Crippen LogP contribution in [0.5, 0.6) is 5.75 Å². The number of aromatic nitrogens is 1. The van der Waals surface area contributed by atoms with E-state index < -0.39 is 0 Å². The minimum atomic E-state index is 0.0123. The van der Waals surface area contributed by atoms with Crippen LogP contribution in [0.4, 0.5) is 0 Å². The second-order valence-corrected chi connectivity index (χ2v) is 3.60. The van der Waals surface area contributed by atoms with Gasteiger partial charge in [-0.05, 0) is 12.1 Å². The van der Waals surface area contributed by atoms with Crippen LogP contribution >= 0.6 is 11.3 Å². The van der Waals surface area contributed by atoms with Crippen LogP contribution in [0, 0.1) is 0 Å². The highest BCUT2D eigenvalue weighted by Crippen LogP contribution is 2.15. The zero-order chi connectivity index (χ0) is 9.97. The first-order chi connectivity index (χ1) is 6.81. The topological polar surface area (TPSA) is 31.2 Å². The third kappa shape index (κ3) is 1.56. The van der Waals surface area contributed by atoms with Crippen molar-refractivity contribution in [3.05, 3.63) is 45.5 Å². The highest BCUT2D eigenvalue weighted by atomic mass is 32.1. The molecule has 1 aromatic carbocycles. The van der Waals surface area contributed by atoms with Crippen LogP contribution in [-0.4, -0.2) is 11.7 Å². The van der Waals surface area contributed by atoms with Crippen molar-refractivity contribution < 1.29 is 4.74 Å². The minimum Gasteiger partial charge on any atom is -0.497 e. The lowest BCUT2D eigenvalue weighted by molar-refractivity contribution is 0.414. The van der Waals surface area contributed by atoms with Gasteiger partial charge in [0.15, 0.2) is 0 Å². The molecule has 0 aliphatic heterocycles. The number of thiazole rings is 1. The summed E-state index contributed by atoms with van der Waals surface area (Å²) in [6.45, 7) is 0. The van der Waals surface area contributed by atoms with Crippen molar-refractivity contribution in [2.24, 2.45) is 0 Å². The Morgan fingerprint density at radius 1 is 1.43 bits per heavy atom. The van der Waals surface area contributed by atoms with Crippen molar-refractivity contribution >= 4 is 11.3 Å². The van der Waals surface area contributed by atoms with E-state index in [1.54, 1.807) is 23.3 Å². The molecule has 0 saturated carbocycles. The van der Waals surface area contributed by atoms with E-state index in [1.165, 1.54) is 11.3 Å². The first kappa shape index (κ1) is 9.02. The van der Waals surface area contributed by atoms with E-state index in [9.17, 15) is 4.79 Å². The summed E-state index contributed by atoms with van der Waals surface area (Å²) in [5.74, 6) is 0.751.